The molecule has 19 heavy (non-hydrogen) atoms. The first-order valence-electron chi connectivity index (χ1n) is 7.01. The van der Waals surface area contributed by atoms with Gasteiger partial charge in [-0.05, 0) is 50.5 Å². The highest BCUT2D eigenvalue weighted by Gasteiger charge is 2.21. The van der Waals surface area contributed by atoms with E-state index in [-0.39, 0.29) is 6.04 Å². The van der Waals surface area contributed by atoms with Crippen molar-refractivity contribution in [3.8, 4) is 0 Å². The summed E-state index contributed by atoms with van der Waals surface area (Å²) in [6.07, 6.45) is 1.29. The summed E-state index contributed by atoms with van der Waals surface area (Å²) in [7, 11) is 0. The van der Waals surface area contributed by atoms with E-state index in [2.05, 4.69) is 24.1 Å². The molecule has 1 aromatic rings. The molecule has 2 nitrogen and oxygen atoms in total. The van der Waals surface area contributed by atoms with E-state index >= 15 is 0 Å². The molecule has 0 radical (unpaired) electrons. The van der Waals surface area contributed by atoms with Crippen LogP contribution in [0.4, 0.5) is 0 Å². The van der Waals surface area contributed by atoms with Gasteiger partial charge < -0.3 is 10.2 Å². The van der Waals surface area contributed by atoms with E-state index in [1.54, 1.807) is 0 Å². The minimum Gasteiger partial charge on any atom is -0.310 e. The molecule has 0 saturated carbocycles. The van der Waals surface area contributed by atoms with Crippen LogP contribution < -0.4 is 5.32 Å². The third kappa shape index (κ3) is 3.85. The third-order valence-corrected chi connectivity index (χ3v) is 4.81. The van der Waals surface area contributed by atoms with Gasteiger partial charge in [0.1, 0.15) is 0 Å². The van der Waals surface area contributed by atoms with Crippen LogP contribution in [0.1, 0.15) is 31.9 Å². The van der Waals surface area contributed by atoms with E-state index in [4.69, 9.17) is 23.2 Å². The minimum atomic E-state index is 0.238. The van der Waals surface area contributed by atoms with Gasteiger partial charge >= 0.3 is 0 Å². The molecule has 1 N–H and O–H groups in total. The fraction of sp³-hybridized carbons (Fsp3) is 0.600. The Morgan fingerprint density at radius 1 is 1.42 bits per heavy atom. The summed E-state index contributed by atoms with van der Waals surface area (Å²) < 4.78 is 0. The number of nitrogens with zero attached hydrogens (tertiary/aromatic N) is 1. The Labute approximate surface area is 126 Å². The molecule has 4 heteroatoms. The van der Waals surface area contributed by atoms with Crippen molar-refractivity contribution in [1.29, 1.82) is 0 Å². The molecule has 1 heterocycles. The van der Waals surface area contributed by atoms with Gasteiger partial charge in [-0.2, -0.15) is 0 Å². The van der Waals surface area contributed by atoms with Crippen molar-refractivity contribution in [2.45, 2.75) is 26.3 Å². The summed E-state index contributed by atoms with van der Waals surface area (Å²) in [6.45, 7) is 9.01. The Kier molecular flexibility index (Phi) is 5.52. The topological polar surface area (TPSA) is 15.3 Å². The minimum absolute atomic E-state index is 0.238. The number of hydrogen-bond acceptors (Lipinski definition) is 2. The van der Waals surface area contributed by atoms with Crippen LogP contribution in [0.2, 0.25) is 10.0 Å². The molecule has 0 spiro atoms. The highest BCUT2D eigenvalue weighted by molar-refractivity contribution is 6.42. The average Bonchev–Trinajstić information content (AvgIpc) is 2.87. The fourth-order valence-electron chi connectivity index (χ4n) is 2.67. The van der Waals surface area contributed by atoms with Crippen LogP contribution in [0.25, 0.3) is 0 Å². The predicted molar refractivity (Wildman–Crippen MR) is 83.1 cm³/mol. The molecule has 2 rings (SSSR count). The Balaban J connectivity index is 1.88. The van der Waals surface area contributed by atoms with E-state index < -0.39 is 0 Å². The molecule has 2 atom stereocenters. The summed E-state index contributed by atoms with van der Waals surface area (Å²) in [5.41, 5.74) is 1.08. The lowest BCUT2D eigenvalue weighted by Gasteiger charge is -2.19. The standard InChI is InChI=1S/C15H22Cl2N2/c1-3-19-8-7-12(10-19)9-18-11(2)13-5-4-6-14(16)15(13)17/h4-6,11-12,18H,3,7-10H2,1-2H3. The SMILES string of the molecule is CCN1CCC(CNC(C)c2cccc(Cl)c2Cl)C1. The zero-order chi connectivity index (χ0) is 13.8. The number of hydrogen-bond donors (Lipinski definition) is 1. The lowest BCUT2D eigenvalue weighted by molar-refractivity contribution is 0.336. The fourth-order valence-corrected chi connectivity index (χ4v) is 3.15. The van der Waals surface area contributed by atoms with Crippen LogP contribution in [0.5, 0.6) is 0 Å². The van der Waals surface area contributed by atoms with Gasteiger partial charge in [0.25, 0.3) is 0 Å². The first-order valence-corrected chi connectivity index (χ1v) is 7.77. The van der Waals surface area contributed by atoms with Gasteiger partial charge in [-0.15, -0.1) is 0 Å². The molecule has 0 bridgehead atoms. The Bertz CT molecular complexity index is 423. The maximum atomic E-state index is 6.25. The van der Waals surface area contributed by atoms with Crippen molar-refractivity contribution in [2.24, 2.45) is 5.92 Å². The van der Waals surface area contributed by atoms with Crippen molar-refractivity contribution in [1.82, 2.24) is 10.2 Å². The van der Waals surface area contributed by atoms with E-state index in [0.29, 0.717) is 10.0 Å². The lowest BCUT2D eigenvalue weighted by Crippen LogP contribution is -2.28. The second-order valence-corrected chi connectivity index (χ2v) is 6.11. The predicted octanol–water partition coefficient (Wildman–Crippen LogP) is 3.99. The number of likely N-dealkylation sites (tertiary alicyclic amines) is 1. The Morgan fingerprint density at radius 2 is 2.21 bits per heavy atom. The smallest absolute Gasteiger partial charge is 0.0639 e. The van der Waals surface area contributed by atoms with Gasteiger partial charge in [0.15, 0.2) is 0 Å². The van der Waals surface area contributed by atoms with Crippen molar-refractivity contribution in [3.05, 3.63) is 33.8 Å². The van der Waals surface area contributed by atoms with Crippen LogP contribution in [0, 0.1) is 5.92 Å². The molecular weight excluding hydrogens is 279 g/mol. The molecule has 1 aliphatic rings. The summed E-state index contributed by atoms with van der Waals surface area (Å²) in [5.74, 6) is 0.750. The van der Waals surface area contributed by atoms with E-state index in [1.807, 2.05) is 18.2 Å². The van der Waals surface area contributed by atoms with Crippen LogP contribution >= 0.6 is 23.2 Å². The summed E-state index contributed by atoms with van der Waals surface area (Å²) in [4.78, 5) is 2.50. The summed E-state index contributed by atoms with van der Waals surface area (Å²) >= 11 is 12.3. The molecule has 106 valence electrons. The maximum Gasteiger partial charge on any atom is 0.0639 e. The number of rotatable bonds is 5. The largest absolute Gasteiger partial charge is 0.310 e. The average molecular weight is 301 g/mol. The van der Waals surface area contributed by atoms with Crippen LogP contribution in [0.15, 0.2) is 18.2 Å². The molecule has 0 aromatic heterocycles. The van der Waals surface area contributed by atoms with E-state index in [0.717, 1.165) is 24.6 Å². The first kappa shape index (κ1) is 15.1. The Morgan fingerprint density at radius 3 is 2.89 bits per heavy atom. The number of benzene rings is 1. The molecule has 0 aliphatic carbocycles. The number of halogens is 2. The molecule has 1 fully saturated rings. The molecule has 2 unspecified atom stereocenters. The zero-order valence-electron chi connectivity index (χ0n) is 11.6. The van der Waals surface area contributed by atoms with Gasteiger partial charge in [0.05, 0.1) is 10.0 Å². The Hall–Kier alpha value is -0.280. The van der Waals surface area contributed by atoms with Gasteiger partial charge in [-0.25, -0.2) is 0 Å². The van der Waals surface area contributed by atoms with Crippen molar-refractivity contribution < 1.29 is 0 Å². The maximum absolute atomic E-state index is 6.25. The van der Waals surface area contributed by atoms with Crippen molar-refractivity contribution in [2.75, 3.05) is 26.2 Å². The van der Waals surface area contributed by atoms with Crippen LogP contribution in [0.3, 0.4) is 0 Å². The zero-order valence-corrected chi connectivity index (χ0v) is 13.1. The second kappa shape index (κ2) is 6.94. The molecule has 1 aliphatic heterocycles. The quantitative estimate of drug-likeness (QED) is 0.885. The van der Waals surface area contributed by atoms with Gasteiger partial charge in [-0.1, -0.05) is 42.3 Å². The second-order valence-electron chi connectivity index (χ2n) is 5.32. The van der Waals surface area contributed by atoms with Crippen LogP contribution in [-0.4, -0.2) is 31.1 Å². The molecule has 0 amide bonds. The van der Waals surface area contributed by atoms with Gasteiger partial charge in [-0.3, -0.25) is 0 Å². The van der Waals surface area contributed by atoms with Gasteiger partial charge in [0.2, 0.25) is 0 Å². The molecular formula is C15H22Cl2N2. The summed E-state index contributed by atoms with van der Waals surface area (Å²) in [5, 5.41) is 4.89. The lowest BCUT2D eigenvalue weighted by atomic mass is 10.1. The molecule has 1 saturated heterocycles. The molecule has 1 aromatic carbocycles. The van der Waals surface area contributed by atoms with Crippen LogP contribution in [-0.2, 0) is 0 Å². The van der Waals surface area contributed by atoms with Gasteiger partial charge in [0, 0.05) is 12.6 Å². The van der Waals surface area contributed by atoms with Crippen molar-refractivity contribution in [3.63, 3.8) is 0 Å². The monoisotopic (exact) mass is 300 g/mol. The normalized spacial score (nSPS) is 21.8. The first-order chi connectivity index (χ1) is 9.11. The van der Waals surface area contributed by atoms with Crippen molar-refractivity contribution >= 4 is 23.2 Å². The van der Waals surface area contributed by atoms with E-state index in [9.17, 15) is 0 Å². The highest BCUT2D eigenvalue weighted by Crippen LogP contribution is 2.30. The highest BCUT2D eigenvalue weighted by atomic mass is 35.5. The summed E-state index contributed by atoms with van der Waals surface area (Å²) in [6, 6.07) is 6.06. The number of nitrogens with one attached hydrogen (secondary N) is 1. The van der Waals surface area contributed by atoms with E-state index in [1.165, 1.54) is 19.5 Å². The third-order valence-electron chi connectivity index (χ3n) is 3.98.